The van der Waals surface area contributed by atoms with E-state index in [4.69, 9.17) is 32.9 Å². The highest BCUT2D eigenvalue weighted by Crippen LogP contribution is 2.37. The number of hydrogen-bond acceptors (Lipinski definition) is 7. The minimum atomic E-state index is -1.28. The molecule has 9 nitrogen and oxygen atoms in total. The van der Waals surface area contributed by atoms with Crippen molar-refractivity contribution >= 4 is 39.8 Å². The van der Waals surface area contributed by atoms with Crippen molar-refractivity contribution in [2.24, 2.45) is 0 Å². The number of alkyl halides is 2. The van der Waals surface area contributed by atoms with Gasteiger partial charge in [0, 0.05) is 67.9 Å². The van der Waals surface area contributed by atoms with Gasteiger partial charge in [-0.15, -0.1) is 0 Å². The zero-order valence-corrected chi connectivity index (χ0v) is 26.9. The molecule has 3 aromatic rings. The first-order valence-corrected chi connectivity index (χ1v) is 16.0. The molecule has 0 saturated carbocycles. The lowest BCUT2D eigenvalue weighted by Gasteiger charge is -2.41. The number of carbonyl (C=O) groups is 1. The second-order valence-corrected chi connectivity index (χ2v) is 13.0. The first kappa shape index (κ1) is 32.0. The molecule has 1 aromatic heterocycles. The number of ether oxygens (including phenoxy) is 1. The van der Waals surface area contributed by atoms with E-state index in [1.165, 1.54) is 12.2 Å². The highest BCUT2D eigenvalue weighted by atomic mass is 35.5. The van der Waals surface area contributed by atoms with Gasteiger partial charge in [0.2, 0.25) is 12.5 Å². The molecule has 2 aromatic carbocycles. The lowest BCUT2D eigenvalue weighted by Crippen LogP contribution is -2.56. The number of halogens is 3. The molecule has 0 bridgehead atoms. The normalized spacial score (nSPS) is 23.6. The molecule has 1 unspecified atom stereocenters. The molecule has 0 N–H and O–H groups in total. The molecule has 0 spiro atoms. The lowest BCUT2D eigenvalue weighted by atomic mass is 10.0. The van der Waals surface area contributed by atoms with Gasteiger partial charge < -0.3 is 24.3 Å². The van der Waals surface area contributed by atoms with E-state index in [-0.39, 0.29) is 37.2 Å². The van der Waals surface area contributed by atoms with Crippen molar-refractivity contribution in [1.29, 1.82) is 0 Å². The maximum atomic E-state index is 14.7. The third kappa shape index (κ3) is 6.60. The van der Waals surface area contributed by atoms with Crippen LogP contribution in [-0.2, 0) is 17.8 Å². The summed E-state index contributed by atoms with van der Waals surface area (Å²) in [5, 5.41) is 2.74. The predicted octanol–water partition coefficient (Wildman–Crippen LogP) is 5.12. The summed E-state index contributed by atoms with van der Waals surface area (Å²) in [6, 6.07) is 11.8. The molecule has 1 amide bonds. The van der Waals surface area contributed by atoms with Crippen molar-refractivity contribution in [2.45, 2.75) is 44.1 Å². The minimum Gasteiger partial charge on any atom is -0.462 e. The molecule has 0 radical (unpaired) electrons. The van der Waals surface area contributed by atoms with Crippen LogP contribution in [0.2, 0.25) is 5.02 Å². The summed E-state index contributed by atoms with van der Waals surface area (Å²) in [7, 11) is 1.90. The number of piperazine rings is 1. The maximum absolute atomic E-state index is 14.7. The smallest absolute Gasteiger partial charge is 0.318 e. The summed E-state index contributed by atoms with van der Waals surface area (Å²) in [6.45, 7) is 11.6. The van der Waals surface area contributed by atoms with Crippen LogP contribution in [0.3, 0.4) is 0 Å². The molecule has 3 aliphatic heterocycles. The Hall–Kier alpha value is -4.01. The van der Waals surface area contributed by atoms with E-state index >= 15 is 0 Å². The van der Waals surface area contributed by atoms with Crippen LogP contribution in [0, 0.1) is 6.57 Å². The molecule has 242 valence electrons. The summed E-state index contributed by atoms with van der Waals surface area (Å²) >= 11 is 6.69. The summed E-state index contributed by atoms with van der Waals surface area (Å²) in [6.07, 6.45) is 3.46. The Morgan fingerprint density at radius 3 is 2.72 bits per heavy atom. The number of aromatic nitrogens is 2. The van der Waals surface area contributed by atoms with Crippen LogP contribution in [0.25, 0.3) is 15.6 Å². The van der Waals surface area contributed by atoms with E-state index < -0.39 is 12.3 Å². The average Bonchev–Trinajstić information content (AvgIpc) is 3.32. The van der Waals surface area contributed by atoms with E-state index in [9.17, 15) is 13.6 Å². The van der Waals surface area contributed by atoms with Gasteiger partial charge >= 0.3 is 6.01 Å². The van der Waals surface area contributed by atoms with Crippen LogP contribution < -0.4 is 14.5 Å². The molecule has 12 heteroatoms. The Balaban J connectivity index is 1.32. The fourth-order valence-electron chi connectivity index (χ4n) is 7.02. The number of fused-ring (bicyclic) bond motifs is 2. The van der Waals surface area contributed by atoms with E-state index in [0.29, 0.717) is 57.1 Å². The highest BCUT2D eigenvalue weighted by molar-refractivity contribution is 6.36. The van der Waals surface area contributed by atoms with Crippen molar-refractivity contribution in [1.82, 2.24) is 19.8 Å². The van der Waals surface area contributed by atoms with Gasteiger partial charge in [-0.1, -0.05) is 35.9 Å². The monoisotopic (exact) mass is 649 g/mol. The molecule has 3 atom stereocenters. The third-order valence-corrected chi connectivity index (χ3v) is 9.50. The molecule has 6 rings (SSSR count). The van der Waals surface area contributed by atoms with E-state index in [2.05, 4.69) is 32.8 Å². The first-order chi connectivity index (χ1) is 22.2. The summed E-state index contributed by atoms with van der Waals surface area (Å²) in [4.78, 5) is 34.2. The molecule has 4 heterocycles. The SMILES string of the molecule is [C-]#[N+]C[C@H]1CN(c2nc(OC[C@@H]3CC(C)(F)CN3C)nc3c2CCN(c2cccc4cccc(Cl)c24)C3)CCN1C(=O)/C=C/CF. The summed E-state index contributed by atoms with van der Waals surface area (Å²) < 4.78 is 33.7. The minimum absolute atomic E-state index is 0.109. The van der Waals surface area contributed by atoms with E-state index in [0.717, 1.165) is 33.5 Å². The Kier molecular flexibility index (Phi) is 9.29. The summed E-state index contributed by atoms with van der Waals surface area (Å²) in [5.74, 6) is 0.428. The Morgan fingerprint density at radius 2 is 1.98 bits per heavy atom. The van der Waals surface area contributed by atoms with Crippen LogP contribution in [0.1, 0.15) is 24.6 Å². The average molecular weight is 650 g/mol. The van der Waals surface area contributed by atoms with Gasteiger partial charge in [0.1, 0.15) is 30.8 Å². The number of allylic oxidation sites excluding steroid dienone is 1. The molecule has 0 aliphatic carbocycles. The predicted molar refractivity (Wildman–Crippen MR) is 176 cm³/mol. The highest BCUT2D eigenvalue weighted by Gasteiger charge is 2.40. The number of anilines is 2. The van der Waals surface area contributed by atoms with Crippen LogP contribution in [0.4, 0.5) is 20.3 Å². The molecule has 46 heavy (non-hydrogen) atoms. The number of likely N-dealkylation sites (N-methyl/N-ethyl adjacent to an activating group) is 1. The molecule has 3 aliphatic rings. The van der Waals surface area contributed by atoms with E-state index in [1.54, 1.807) is 11.8 Å². The van der Waals surface area contributed by atoms with Crippen molar-refractivity contribution in [3.63, 3.8) is 0 Å². The number of rotatable bonds is 8. The van der Waals surface area contributed by atoms with Gasteiger partial charge in [0.15, 0.2) is 0 Å². The zero-order valence-electron chi connectivity index (χ0n) is 26.1. The van der Waals surface area contributed by atoms with E-state index in [1.807, 2.05) is 30.1 Å². The van der Waals surface area contributed by atoms with Crippen LogP contribution >= 0.6 is 11.6 Å². The number of amides is 1. The van der Waals surface area contributed by atoms with Crippen LogP contribution in [0.5, 0.6) is 6.01 Å². The standard InChI is InChI=1S/C34H38ClF2N7O2/c1-34(37)17-24(41(3)22-34)21-46-33-39-28-20-42(29-10-5-8-23-7-4-9-27(35)31(23)29)14-12-26(28)32(40-33)43-15-16-44(25(19-43)18-38-2)30(45)11-6-13-36/h4-11,24-25H,12-22H2,1,3H3/b11-6+/t24-,25-,34?/m0/s1. The van der Waals surface area contributed by atoms with Crippen LogP contribution in [0.15, 0.2) is 48.6 Å². The Morgan fingerprint density at radius 1 is 1.17 bits per heavy atom. The maximum Gasteiger partial charge on any atom is 0.318 e. The number of nitrogens with zero attached hydrogens (tertiary/aromatic N) is 7. The molecule has 2 fully saturated rings. The van der Waals surface area contributed by atoms with Crippen molar-refractivity contribution in [2.75, 3.05) is 69.4 Å². The second-order valence-electron chi connectivity index (χ2n) is 12.6. The topological polar surface area (TPSA) is 69.4 Å². The second kappa shape index (κ2) is 13.4. The largest absolute Gasteiger partial charge is 0.462 e. The third-order valence-electron chi connectivity index (χ3n) is 9.18. The number of carbonyl (C=O) groups excluding carboxylic acids is 1. The zero-order chi connectivity index (χ0) is 32.4. The van der Waals surface area contributed by atoms with Gasteiger partial charge in [-0.05, 0) is 44.0 Å². The Labute approximate surface area is 273 Å². The molecular formula is C34H38ClF2N7O2. The number of benzene rings is 2. The molecule has 2 saturated heterocycles. The van der Waals surface area contributed by atoms with Gasteiger partial charge in [-0.25, -0.2) is 15.4 Å². The van der Waals surface area contributed by atoms with Crippen molar-refractivity contribution < 1.29 is 18.3 Å². The lowest BCUT2D eigenvalue weighted by molar-refractivity contribution is -0.128. The van der Waals surface area contributed by atoms with Crippen LogP contribution in [-0.4, -0.2) is 103 Å². The first-order valence-electron chi connectivity index (χ1n) is 15.6. The molecular weight excluding hydrogens is 612 g/mol. The number of likely N-dealkylation sites (tertiary alicyclic amines) is 1. The van der Waals surface area contributed by atoms with Gasteiger partial charge in [-0.2, -0.15) is 9.97 Å². The van der Waals surface area contributed by atoms with Crippen molar-refractivity contribution in [3.05, 3.63) is 76.2 Å². The summed E-state index contributed by atoms with van der Waals surface area (Å²) in [5.41, 5.74) is 1.58. The van der Waals surface area contributed by atoms with Gasteiger partial charge in [-0.3, -0.25) is 9.69 Å². The van der Waals surface area contributed by atoms with Gasteiger partial charge in [0.05, 0.1) is 17.3 Å². The quantitative estimate of drug-likeness (QED) is 0.248. The van der Waals surface area contributed by atoms with Crippen molar-refractivity contribution in [3.8, 4) is 6.01 Å². The fraction of sp³-hybridized carbons (Fsp3) is 0.471. The fourth-order valence-corrected chi connectivity index (χ4v) is 7.30. The van der Waals surface area contributed by atoms with Gasteiger partial charge in [0.25, 0.3) is 0 Å². The Bertz CT molecular complexity index is 1670. The number of hydrogen-bond donors (Lipinski definition) is 0.